The Morgan fingerprint density at radius 3 is 2.73 bits per heavy atom. The van der Waals surface area contributed by atoms with E-state index in [-0.39, 0.29) is 17.7 Å². The Hall–Kier alpha value is -2.31. The third-order valence-corrected chi connectivity index (χ3v) is 5.31. The van der Waals surface area contributed by atoms with Crippen LogP contribution in [0.3, 0.4) is 0 Å². The van der Waals surface area contributed by atoms with Crippen molar-refractivity contribution in [1.29, 1.82) is 0 Å². The molecule has 0 saturated heterocycles. The van der Waals surface area contributed by atoms with Crippen LogP contribution in [0, 0.1) is 5.92 Å². The SMILES string of the molecule is O=C(O[C@@H]1CCC[C@H]1n1cccn1)C1CC1c1ccccc1C(F)(F)F. The number of halogens is 3. The second kappa shape index (κ2) is 6.45. The summed E-state index contributed by atoms with van der Waals surface area (Å²) >= 11 is 0. The maximum absolute atomic E-state index is 13.2. The summed E-state index contributed by atoms with van der Waals surface area (Å²) < 4.78 is 47.0. The van der Waals surface area contributed by atoms with E-state index < -0.39 is 29.5 Å². The normalized spacial score (nSPS) is 28.1. The molecule has 2 unspecified atom stereocenters. The van der Waals surface area contributed by atoms with Gasteiger partial charge in [0.2, 0.25) is 0 Å². The van der Waals surface area contributed by atoms with Crippen LogP contribution >= 0.6 is 0 Å². The summed E-state index contributed by atoms with van der Waals surface area (Å²) in [6.07, 6.45) is 1.83. The third kappa shape index (κ3) is 3.22. The maximum Gasteiger partial charge on any atom is 0.416 e. The number of ether oxygens (including phenoxy) is 1. The highest BCUT2D eigenvalue weighted by Gasteiger charge is 2.49. The summed E-state index contributed by atoms with van der Waals surface area (Å²) in [5, 5.41) is 4.22. The van der Waals surface area contributed by atoms with Crippen LogP contribution < -0.4 is 0 Å². The molecule has 0 aliphatic heterocycles. The highest BCUT2D eigenvalue weighted by Crippen LogP contribution is 2.52. The number of hydrogen-bond donors (Lipinski definition) is 0. The van der Waals surface area contributed by atoms with Gasteiger partial charge in [-0.2, -0.15) is 18.3 Å². The molecule has 4 nitrogen and oxygen atoms in total. The van der Waals surface area contributed by atoms with Crippen LogP contribution in [0.2, 0.25) is 0 Å². The molecule has 0 N–H and O–H groups in total. The summed E-state index contributed by atoms with van der Waals surface area (Å²) in [6, 6.07) is 7.31. The fourth-order valence-electron chi connectivity index (χ4n) is 3.94. The standard InChI is InChI=1S/C19H19F3N2O2/c20-19(21,22)15-6-2-1-5-12(15)13-11-14(13)18(25)26-17-8-3-7-16(17)24-10-4-9-23-24/h1-2,4-6,9-10,13-14,16-17H,3,7-8,11H2/t13?,14?,16-,17-/m1/s1. The summed E-state index contributed by atoms with van der Waals surface area (Å²) in [7, 11) is 0. The van der Waals surface area contributed by atoms with Gasteiger partial charge >= 0.3 is 12.1 Å². The Labute approximate surface area is 149 Å². The van der Waals surface area contributed by atoms with Crippen molar-refractivity contribution in [2.75, 3.05) is 0 Å². The molecule has 0 bridgehead atoms. The van der Waals surface area contributed by atoms with Crippen LogP contribution in [0.15, 0.2) is 42.7 Å². The lowest BCUT2D eigenvalue weighted by Gasteiger charge is -2.20. The number of carbonyl (C=O) groups excluding carboxylic acids is 1. The smallest absolute Gasteiger partial charge is 0.416 e. The summed E-state index contributed by atoms with van der Waals surface area (Å²) in [4.78, 5) is 12.5. The van der Waals surface area contributed by atoms with E-state index in [0.29, 0.717) is 6.42 Å². The first kappa shape index (κ1) is 17.1. The number of aromatic nitrogens is 2. The molecule has 0 spiro atoms. The van der Waals surface area contributed by atoms with Gasteiger partial charge in [0, 0.05) is 12.4 Å². The highest BCUT2D eigenvalue weighted by atomic mass is 19.4. The van der Waals surface area contributed by atoms with E-state index in [4.69, 9.17) is 4.74 Å². The van der Waals surface area contributed by atoms with Gasteiger partial charge in [-0.05, 0) is 49.3 Å². The maximum atomic E-state index is 13.2. The van der Waals surface area contributed by atoms with Gasteiger partial charge in [0.15, 0.2) is 0 Å². The number of esters is 1. The molecule has 0 radical (unpaired) electrons. The molecule has 4 rings (SSSR count). The zero-order chi connectivity index (χ0) is 18.3. The van der Waals surface area contributed by atoms with E-state index in [1.807, 2.05) is 12.3 Å². The van der Waals surface area contributed by atoms with Crippen LogP contribution in [0.25, 0.3) is 0 Å². The van der Waals surface area contributed by atoms with Crippen molar-refractivity contribution >= 4 is 5.97 Å². The second-order valence-corrected chi connectivity index (χ2v) is 6.99. The minimum Gasteiger partial charge on any atom is -0.460 e. The second-order valence-electron chi connectivity index (χ2n) is 6.99. The molecule has 1 aromatic heterocycles. The molecule has 1 aromatic carbocycles. The van der Waals surface area contributed by atoms with E-state index in [0.717, 1.165) is 25.3 Å². The Morgan fingerprint density at radius 1 is 1.19 bits per heavy atom. The molecule has 7 heteroatoms. The number of nitrogens with zero attached hydrogens (tertiary/aromatic N) is 2. The van der Waals surface area contributed by atoms with Gasteiger partial charge in [-0.25, -0.2) is 0 Å². The third-order valence-electron chi connectivity index (χ3n) is 5.31. The monoisotopic (exact) mass is 364 g/mol. The number of rotatable bonds is 4. The first-order chi connectivity index (χ1) is 12.4. The van der Waals surface area contributed by atoms with Crippen molar-refractivity contribution in [2.24, 2.45) is 5.92 Å². The Morgan fingerprint density at radius 2 is 2.00 bits per heavy atom. The topological polar surface area (TPSA) is 44.1 Å². The van der Waals surface area contributed by atoms with Gasteiger partial charge in [-0.3, -0.25) is 9.48 Å². The zero-order valence-corrected chi connectivity index (χ0v) is 14.0. The molecular weight excluding hydrogens is 345 g/mol. The predicted octanol–water partition coefficient (Wildman–Crippen LogP) is 4.34. The van der Waals surface area contributed by atoms with E-state index >= 15 is 0 Å². The largest absolute Gasteiger partial charge is 0.460 e. The molecule has 2 fully saturated rings. The molecule has 0 amide bonds. The molecule has 2 saturated carbocycles. The van der Waals surface area contributed by atoms with Crippen molar-refractivity contribution in [3.05, 3.63) is 53.9 Å². The van der Waals surface area contributed by atoms with Gasteiger partial charge < -0.3 is 4.74 Å². The van der Waals surface area contributed by atoms with Crippen LogP contribution in [0.4, 0.5) is 13.2 Å². The van der Waals surface area contributed by atoms with Crippen molar-refractivity contribution in [3.8, 4) is 0 Å². The summed E-state index contributed by atoms with van der Waals surface area (Å²) in [5.41, 5.74) is -0.465. The van der Waals surface area contributed by atoms with E-state index in [2.05, 4.69) is 5.10 Å². The Kier molecular flexibility index (Phi) is 4.25. The van der Waals surface area contributed by atoms with Crippen molar-refractivity contribution < 1.29 is 22.7 Å². The molecule has 26 heavy (non-hydrogen) atoms. The van der Waals surface area contributed by atoms with Crippen molar-refractivity contribution in [3.63, 3.8) is 0 Å². The Balaban J connectivity index is 1.44. The minimum absolute atomic E-state index is 0.00797. The number of carbonyl (C=O) groups is 1. The molecule has 138 valence electrons. The molecule has 2 aromatic rings. The lowest BCUT2D eigenvalue weighted by atomic mass is 10.0. The highest BCUT2D eigenvalue weighted by molar-refractivity contribution is 5.77. The van der Waals surface area contributed by atoms with Crippen LogP contribution in [0.1, 0.15) is 48.8 Å². The van der Waals surface area contributed by atoms with Gasteiger partial charge in [0.1, 0.15) is 6.10 Å². The average molecular weight is 364 g/mol. The average Bonchev–Trinajstić information content (AvgIpc) is 2.99. The van der Waals surface area contributed by atoms with Gasteiger partial charge in [0.25, 0.3) is 0 Å². The van der Waals surface area contributed by atoms with Gasteiger partial charge in [-0.1, -0.05) is 18.2 Å². The van der Waals surface area contributed by atoms with Crippen LogP contribution in [0.5, 0.6) is 0 Å². The summed E-state index contributed by atoms with van der Waals surface area (Å²) in [5.74, 6) is -1.29. The molecule has 2 aliphatic rings. The van der Waals surface area contributed by atoms with Crippen LogP contribution in [-0.2, 0) is 15.7 Å². The minimum atomic E-state index is -4.41. The molecular formula is C19H19F3N2O2. The predicted molar refractivity (Wildman–Crippen MR) is 87.3 cm³/mol. The first-order valence-corrected chi connectivity index (χ1v) is 8.81. The van der Waals surface area contributed by atoms with Crippen LogP contribution in [-0.4, -0.2) is 21.9 Å². The lowest BCUT2D eigenvalue weighted by Crippen LogP contribution is -2.26. The quantitative estimate of drug-likeness (QED) is 0.758. The van der Waals surface area contributed by atoms with E-state index in [9.17, 15) is 18.0 Å². The molecule has 2 aliphatic carbocycles. The van der Waals surface area contributed by atoms with Gasteiger partial charge in [-0.15, -0.1) is 0 Å². The summed E-state index contributed by atoms with van der Waals surface area (Å²) in [6.45, 7) is 0. The van der Waals surface area contributed by atoms with E-state index in [1.54, 1.807) is 16.9 Å². The molecule has 1 heterocycles. The zero-order valence-electron chi connectivity index (χ0n) is 14.0. The molecule has 4 atom stereocenters. The van der Waals surface area contributed by atoms with E-state index in [1.165, 1.54) is 12.1 Å². The Bertz CT molecular complexity index is 788. The lowest BCUT2D eigenvalue weighted by molar-refractivity contribution is -0.152. The fourth-order valence-corrected chi connectivity index (χ4v) is 3.94. The van der Waals surface area contributed by atoms with Crippen molar-refractivity contribution in [1.82, 2.24) is 9.78 Å². The number of hydrogen-bond acceptors (Lipinski definition) is 3. The van der Waals surface area contributed by atoms with Crippen molar-refractivity contribution in [2.45, 2.75) is 49.9 Å². The first-order valence-electron chi connectivity index (χ1n) is 8.81. The number of benzene rings is 1. The number of alkyl halides is 3. The fraction of sp³-hybridized carbons (Fsp3) is 0.474. The van der Waals surface area contributed by atoms with Gasteiger partial charge in [0.05, 0.1) is 17.5 Å².